The Morgan fingerprint density at radius 2 is 0.732 bits per heavy atom. The van der Waals surface area contributed by atoms with Gasteiger partial charge in [-0.05, 0) is 140 Å². The van der Waals surface area contributed by atoms with E-state index in [1.54, 1.807) is 0 Å². The highest BCUT2D eigenvalue weighted by Gasteiger charge is 2.37. The average molecular weight is 1060 g/mol. The Bertz CT molecular complexity index is 4730. The van der Waals surface area contributed by atoms with Crippen LogP contribution in [0.4, 0.5) is 0 Å². The SMILES string of the molecule is C[n+]1ccc(-c2c3nc(c(-c4cc(-c5ccc6c(c5)C(C)(C)c5ccccc5-6)c[n+](C)c4)c4ccc([nH]4)c(-c4cc[n+](C)cc4)c4nc(c(-c5cc[n+](C)c(-c6ccc7c(c6)C(C)(C)c6ccccc6-7)c5)c5ccc2[nH]5)C=C4)C=C3)cc1. The van der Waals surface area contributed by atoms with Crippen LogP contribution in [-0.2, 0) is 39.0 Å². The molecule has 0 saturated heterocycles. The maximum atomic E-state index is 5.68. The zero-order valence-corrected chi connectivity index (χ0v) is 47.5. The number of hydrogen-bond donors (Lipinski definition) is 2. The van der Waals surface area contributed by atoms with Crippen LogP contribution in [0.2, 0.25) is 0 Å². The van der Waals surface area contributed by atoms with Gasteiger partial charge in [-0.3, -0.25) is 0 Å². The van der Waals surface area contributed by atoms with Crippen molar-refractivity contribution in [1.29, 1.82) is 0 Å². The fraction of sp³-hybridized carbons (Fsp3) is 0.135. The molecule has 0 amide bonds. The lowest BCUT2D eigenvalue weighted by Crippen LogP contribution is -2.30. The molecule has 2 N–H and O–H groups in total. The molecule has 8 nitrogen and oxygen atoms in total. The summed E-state index contributed by atoms with van der Waals surface area (Å²) in [5.41, 5.74) is 30.5. The lowest BCUT2D eigenvalue weighted by molar-refractivity contribution is -0.671. The smallest absolute Gasteiger partial charge is 0.212 e. The highest BCUT2D eigenvalue weighted by Crippen LogP contribution is 2.51. The Morgan fingerprint density at radius 1 is 0.329 bits per heavy atom. The van der Waals surface area contributed by atoms with Gasteiger partial charge in [-0.1, -0.05) is 94.4 Å². The Labute approximate surface area is 478 Å². The summed E-state index contributed by atoms with van der Waals surface area (Å²) >= 11 is 0. The molecule has 0 spiro atoms. The second kappa shape index (κ2) is 18.3. The van der Waals surface area contributed by atoms with Crippen LogP contribution in [0.1, 0.15) is 72.7 Å². The molecule has 2 aliphatic carbocycles. The molecule has 4 aliphatic rings. The monoisotopic (exact) mass is 1060 g/mol. The summed E-state index contributed by atoms with van der Waals surface area (Å²) < 4.78 is 8.57. The summed E-state index contributed by atoms with van der Waals surface area (Å²) in [6, 6.07) is 56.2. The number of rotatable bonds is 6. The van der Waals surface area contributed by atoms with Crippen LogP contribution in [0.15, 0.2) is 195 Å². The third-order valence-corrected chi connectivity index (χ3v) is 17.8. The van der Waals surface area contributed by atoms with Crippen LogP contribution in [0.25, 0.3) is 136 Å². The maximum Gasteiger partial charge on any atom is 0.212 e. The molecule has 0 atom stereocenters. The molecule has 11 aromatic rings. The van der Waals surface area contributed by atoms with E-state index < -0.39 is 0 Å². The Kier molecular flexibility index (Phi) is 11.0. The van der Waals surface area contributed by atoms with Gasteiger partial charge in [0.2, 0.25) is 5.69 Å². The molecule has 15 rings (SSSR count). The molecule has 8 heteroatoms. The standard InChI is InChI=1S/C74H61N8/c1-73(2)56-15-11-9-13-52(56)54-19-17-47(40-58(54)73)50-39-51(44-81(7)43-50)72-66-27-23-62(77-66)69(45-29-34-79(5)35-30-45)60-21-25-64(75-60)71(65-26-22-61(76-65)70(63-24-28-67(72)78-63)46-31-36-80(6)37-32-46)49-33-38-82(8)68(42-49)48-18-20-55-53-14-10-12-16-57(53)74(3,4)59(55)41-48/h9-44H,1-8H3,(H,75,76,77,78)/q+3/p+1. The Balaban J connectivity index is 0.981. The van der Waals surface area contributed by atoms with E-state index in [4.69, 9.17) is 9.97 Å². The summed E-state index contributed by atoms with van der Waals surface area (Å²) in [4.78, 5) is 19.4. The van der Waals surface area contributed by atoms with E-state index in [9.17, 15) is 0 Å². The molecular weight excluding hydrogens is 1000 g/mol. The number of aromatic nitrogens is 8. The molecule has 0 unspecified atom stereocenters. The van der Waals surface area contributed by atoms with Gasteiger partial charge in [-0.2, -0.15) is 0 Å². The molecule has 8 bridgehead atoms. The molecule has 394 valence electrons. The summed E-state index contributed by atoms with van der Waals surface area (Å²) in [6.07, 6.45) is 23.8. The zero-order valence-electron chi connectivity index (χ0n) is 47.5. The molecule has 9 heterocycles. The van der Waals surface area contributed by atoms with Crippen LogP contribution >= 0.6 is 0 Å². The van der Waals surface area contributed by atoms with E-state index >= 15 is 0 Å². The molecule has 4 aromatic carbocycles. The number of H-pyrrole nitrogens is 2. The van der Waals surface area contributed by atoms with E-state index in [0.717, 1.165) is 106 Å². The largest absolute Gasteiger partial charge is 0.354 e. The number of benzene rings is 4. The van der Waals surface area contributed by atoms with E-state index in [0.29, 0.717) is 0 Å². The zero-order chi connectivity index (χ0) is 55.8. The minimum Gasteiger partial charge on any atom is -0.354 e. The van der Waals surface area contributed by atoms with Crippen molar-refractivity contribution in [1.82, 2.24) is 19.9 Å². The molecular formula is C74H62N8+4. The number of pyridine rings is 4. The van der Waals surface area contributed by atoms with E-state index in [1.807, 2.05) is 0 Å². The minimum atomic E-state index is -0.129. The van der Waals surface area contributed by atoms with Crippen LogP contribution in [0.3, 0.4) is 0 Å². The van der Waals surface area contributed by atoms with E-state index in [-0.39, 0.29) is 10.8 Å². The third kappa shape index (κ3) is 7.80. The van der Waals surface area contributed by atoms with Crippen molar-refractivity contribution in [2.24, 2.45) is 28.2 Å². The van der Waals surface area contributed by atoms with Crippen molar-refractivity contribution in [3.05, 3.63) is 240 Å². The highest BCUT2D eigenvalue weighted by atomic mass is 14.9. The number of nitrogens with one attached hydrogen (secondary N) is 2. The lowest BCUT2D eigenvalue weighted by atomic mass is 9.81. The topological polar surface area (TPSA) is 72.9 Å². The van der Waals surface area contributed by atoms with Crippen molar-refractivity contribution in [2.45, 2.75) is 38.5 Å². The molecule has 0 radical (unpaired) electrons. The Morgan fingerprint density at radius 3 is 1.23 bits per heavy atom. The lowest BCUT2D eigenvalue weighted by Gasteiger charge is -2.21. The van der Waals surface area contributed by atoms with Crippen LogP contribution in [0.5, 0.6) is 0 Å². The van der Waals surface area contributed by atoms with Gasteiger partial charge >= 0.3 is 0 Å². The van der Waals surface area contributed by atoms with Gasteiger partial charge in [0, 0.05) is 103 Å². The van der Waals surface area contributed by atoms with Gasteiger partial charge in [0.1, 0.15) is 28.2 Å². The molecule has 7 aromatic heterocycles. The van der Waals surface area contributed by atoms with Crippen molar-refractivity contribution in [3.63, 3.8) is 0 Å². The third-order valence-electron chi connectivity index (χ3n) is 17.8. The van der Waals surface area contributed by atoms with Crippen LogP contribution in [-0.4, -0.2) is 19.9 Å². The number of aromatic amines is 2. The number of hydrogen-bond acceptors (Lipinski definition) is 2. The summed E-state index contributed by atoms with van der Waals surface area (Å²) in [5.74, 6) is 0. The molecule has 0 saturated carbocycles. The number of fused-ring (bicyclic) bond motifs is 14. The van der Waals surface area contributed by atoms with Crippen molar-refractivity contribution in [3.8, 4) is 89.1 Å². The second-order valence-corrected chi connectivity index (χ2v) is 23.8. The number of nitrogens with zero attached hydrogens (tertiary/aromatic N) is 6. The molecule has 0 fully saturated rings. The van der Waals surface area contributed by atoms with Crippen LogP contribution < -0.4 is 18.3 Å². The van der Waals surface area contributed by atoms with Crippen molar-refractivity contribution in [2.75, 3.05) is 0 Å². The first kappa shape index (κ1) is 49.1. The van der Waals surface area contributed by atoms with Gasteiger partial charge in [0.05, 0.1) is 28.3 Å². The van der Waals surface area contributed by atoms with Crippen LogP contribution in [0, 0.1) is 0 Å². The predicted molar refractivity (Wildman–Crippen MR) is 331 cm³/mol. The first-order chi connectivity index (χ1) is 39.7. The second-order valence-electron chi connectivity index (χ2n) is 23.8. The fourth-order valence-corrected chi connectivity index (χ4v) is 13.5. The Hall–Kier alpha value is -9.92. The van der Waals surface area contributed by atoms with Gasteiger partial charge in [-0.25, -0.2) is 28.2 Å². The van der Waals surface area contributed by atoms with Gasteiger partial charge in [0.25, 0.3) is 0 Å². The number of aryl methyl sites for hydroxylation is 4. The first-order valence-electron chi connectivity index (χ1n) is 28.3. The average Bonchev–Trinajstić information content (AvgIpc) is 4.56. The van der Waals surface area contributed by atoms with Crippen molar-refractivity contribution < 1.29 is 18.3 Å². The summed E-state index contributed by atoms with van der Waals surface area (Å²) in [7, 11) is 8.38. The van der Waals surface area contributed by atoms with E-state index in [1.165, 1.54) is 50.1 Å². The van der Waals surface area contributed by atoms with Gasteiger partial charge in [0.15, 0.2) is 43.4 Å². The normalized spacial score (nSPS) is 14.0. The molecule has 82 heavy (non-hydrogen) atoms. The highest BCUT2D eigenvalue weighted by molar-refractivity contribution is 6.00. The summed E-state index contributed by atoms with van der Waals surface area (Å²) in [5, 5.41) is 0. The van der Waals surface area contributed by atoms with Gasteiger partial charge < -0.3 is 9.97 Å². The van der Waals surface area contributed by atoms with Crippen molar-refractivity contribution >= 4 is 46.4 Å². The fourth-order valence-electron chi connectivity index (χ4n) is 13.5. The predicted octanol–water partition coefficient (Wildman–Crippen LogP) is 14.6. The minimum absolute atomic E-state index is 0.125. The summed E-state index contributed by atoms with van der Waals surface area (Å²) in [6.45, 7) is 9.39. The van der Waals surface area contributed by atoms with Gasteiger partial charge in [-0.15, -0.1) is 0 Å². The van der Waals surface area contributed by atoms with E-state index in [2.05, 4.69) is 303 Å². The maximum absolute atomic E-state index is 5.68. The first-order valence-corrected chi connectivity index (χ1v) is 28.3. The molecule has 2 aliphatic heterocycles. The quantitative estimate of drug-likeness (QED) is 0.163.